The van der Waals surface area contributed by atoms with E-state index >= 15 is 0 Å². The van der Waals surface area contributed by atoms with Crippen molar-refractivity contribution in [2.24, 2.45) is 4.99 Å². The van der Waals surface area contributed by atoms with Gasteiger partial charge in [-0.1, -0.05) is 12.1 Å². The number of nitrogens with zero attached hydrogens (tertiary/aromatic N) is 2. The number of nitrogens with one attached hydrogen (secondary N) is 2. The van der Waals surface area contributed by atoms with Gasteiger partial charge in [0.05, 0.1) is 4.90 Å². The monoisotopic (exact) mass is 538 g/mol. The summed E-state index contributed by atoms with van der Waals surface area (Å²) in [6, 6.07) is 7.16. The molecule has 0 radical (unpaired) electrons. The fraction of sp³-hybridized carbons (Fsp3) is 0.632. The molecule has 2 heterocycles. The number of halogens is 1. The number of hydrogen-bond acceptors (Lipinski definition) is 4. The number of benzene rings is 1. The van der Waals surface area contributed by atoms with Crippen molar-refractivity contribution < 1.29 is 8.42 Å². The molecule has 0 amide bonds. The van der Waals surface area contributed by atoms with Gasteiger partial charge in [0.15, 0.2) is 5.96 Å². The quantitative estimate of drug-likeness (QED) is 0.331. The minimum Gasteiger partial charge on any atom is -0.355 e. The van der Waals surface area contributed by atoms with Crippen LogP contribution in [0.25, 0.3) is 0 Å². The number of guanidine groups is 1. The molecule has 2 N–H and O–H groups in total. The Labute approximate surface area is 190 Å². The van der Waals surface area contributed by atoms with Gasteiger partial charge in [0.25, 0.3) is 0 Å². The predicted molar refractivity (Wildman–Crippen MR) is 128 cm³/mol. The second-order valence-corrected chi connectivity index (χ2v) is 11.1. The highest BCUT2D eigenvalue weighted by atomic mass is 127. The fourth-order valence-corrected chi connectivity index (χ4v) is 6.27. The van der Waals surface area contributed by atoms with Crippen LogP contribution in [0.4, 0.5) is 0 Å². The zero-order chi connectivity index (χ0) is 19.3. The van der Waals surface area contributed by atoms with Crippen LogP contribution in [0.3, 0.4) is 0 Å². The lowest BCUT2D eigenvalue weighted by Crippen LogP contribution is -2.43. The largest absolute Gasteiger partial charge is 0.355 e. The smallest absolute Gasteiger partial charge is 0.243 e. The van der Waals surface area contributed by atoms with Crippen LogP contribution in [0.5, 0.6) is 0 Å². The minimum absolute atomic E-state index is 0. The Kier molecular flexibility index (Phi) is 8.90. The highest BCUT2D eigenvalue weighted by Gasteiger charge is 2.29. The molecule has 3 rings (SSSR count). The van der Waals surface area contributed by atoms with E-state index in [4.69, 9.17) is 0 Å². The lowest BCUT2D eigenvalue weighted by molar-refractivity contribution is 0.477. The van der Waals surface area contributed by atoms with Crippen molar-refractivity contribution in [1.29, 1.82) is 0 Å². The van der Waals surface area contributed by atoms with E-state index in [9.17, 15) is 8.42 Å². The topological polar surface area (TPSA) is 73.8 Å². The average molecular weight is 539 g/mol. The number of sulfonamides is 1. The standard InChI is InChI=1S/C19H30N4O2S2.HI/c1-19(10-5-13-26-19)15-22-18(20-2)21-14-16-6-8-17(9-7-16)27(24,25)23-11-3-4-12-23;/h6-9H,3-5,10-15H2,1-2H3,(H2,20,21,22);1H. The Hall–Kier alpha value is -0.520. The van der Waals surface area contributed by atoms with Gasteiger partial charge in [-0.25, -0.2) is 8.42 Å². The first-order valence-corrected chi connectivity index (χ1v) is 12.0. The Bertz CT molecular complexity index is 757. The predicted octanol–water partition coefficient (Wildman–Crippen LogP) is 3.04. The van der Waals surface area contributed by atoms with Gasteiger partial charge in [-0.2, -0.15) is 16.1 Å². The highest BCUT2D eigenvalue weighted by Crippen LogP contribution is 2.36. The van der Waals surface area contributed by atoms with Gasteiger partial charge in [0, 0.05) is 38.0 Å². The Balaban J connectivity index is 0.00000280. The van der Waals surface area contributed by atoms with Crippen molar-refractivity contribution in [1.82, 2.24) is 14.9 Å². The molecule has 158 valence electrons. The van der Waals surface area contributed by atoms with Gasteiger partial charge in [-0.05, 0) is 56.1 Å². The lowest BCUT2D eigenvalue weighted by Gasteiger charge is -2.24. The molecule has 1 aromatic rings. The first-order chi connectivity index (χ1) is 12.9. The summed E-state index contributed by atoms with van der Waals surface area (Å²) in [5, 5.41) is 6.72. The molecule has 0 saturated carbocycles. The van der Waals surface area contributed by atoms with Crippen LogP contribution in [0.15, 0.2) is 34.2 Å². The highest BCUT2D eigenvalue weighted by molar-refractivity contribution is 14.0. The van der Waals surface area contributed by atoms with Crippen molar-refractivity contribution in [3.63, 3.8) is 0 Å². The first-order valence-electron chi connectivity index (χ1n) is 9.61. The molecule has 1 aromatic carbocycles. The third-order valence-electron chi connectivity index (χ3n) is 5.24. The van der Waals surface area contributed by atoms with Crippen molar-refractivity contribution in [3.8, 4) is 0 Å². The van der Waals surface area contributed by atoms with Crippen LogP contribution in [-0.2, 0) is 16.6 Å². The van der Waals surface area contributed by atoms with Crippen LogP contribution in [0.1, 0.15) is 38.2 Å². The Morgan fingerprint density at radius 2 is 1.86 bits per heavy atom. The van der Waals surface area contributed by atoms with E-state index in [1.54, 1.807) is 23.5 Å². The minimum atomic E-state index is -3.34. The molecule has 2 aliphatic heterocycles. The maximum atomic E-state index is 12.6. The van der Waals surface area contributed by atoms with E-state index in [-0.39, 0.29) is 28.7 Å². The zero-order valence-corrected chi connectivity index (χ0v) is 20.6. The Morgan fingerprint density at radius 1 is 1.18 bits per heavy atom. The second kappa shape index (κ2) is 10.5. The number of hydrogen-bond donors (Lipinski definition) is 2. The van der Waals surface area contributed by atoms with Crippen molar-refractivity contribution >= 4 is 51.7 Å². The molecule has 2 saturated heterocycles. The van der Waals surface area contributed by atoms with Gasteiger partial charge in [-0.3, -0.25) is 4.99 Å². The fourth-order valence-electron chi connectivity index (χ4n) is 3.51. The third kappa shape index (κ3) is 5.99. The SMILES string of the molecule is CN=C(NCc1ccc(S(=O)(=O)N2CCCC2)cc1)NCC1(C)CCCS1.I. The summed E-state index contributed by atoms with van der Waals surface area (Å²) in [6.07, 6.45) is 4.41. The summed E-state index contributed by atoms with van der Waals surface area (Å²) in [7, 11) is -1.57. The van der Waals surface area contributed by atoms with Gasteiger partial charge >= 0.3 is 0 Å². The van der Waals surface area contributed by atoms with Crippen LogP contribution < -0.4 is 10.6 Å². The molecule has 1 unspecified atom stereocenters. The van der Waals surface area contributed by atoms with Crippen LogP contribution >= 0.6 is 35.7 Å². The van der Waals surface area contributed by atoms with E-state index in [0.29, 0.717) is 24.5 Å². The maximum Gasteiger partial charge on any atom is 0.243 e. The van der Waals surface area contributed by atoms with E-state index < -0.39 is 10.0 Å². The van der Waals surface area contributed by atoms with Gasteiger partial charge in [0.1, 0.15) is 0 Å². The molecular weight excluding hydrogens is 507 g/mol. The molecule has 0 aliphatic carbocycles. The molecule has 2 aliphatic rings. The normalized spacial score (nSPS) is 23.4. The molecule has 28 heavy (non-hydrogen) atoms. The summed E-state index contributed by atoms with van der Waals surface area (Å²) in [5.74, 6) is 2.01. The van der Waals surface area contributed by atoms with Crippen molar-refractivity contribution in [2.75, 3.05) is 32.4 Å². The number of aliphatic imine (C=N–C) groups is 1. The lowest BCUT2D eigenvalue weighted by atomic mass is 10.1. The van der Waals surface area contributed by atoms with Crippen molar-refractivity contribution in [2.45, 2.75) is 48.8 Å². The van der Waals surface area contributed by atoms with Crippen LogP contribution in [0.2, 0.25) is 0 Å². The molecular formula is C19H31IN4O2S2. The molecule has 6 nitrogen and oxygen atoms in total. The maximum absolute atomic E-state index is 12.6. The number of rotatable bonds is 6. The van der Waals surface area contributed by atoms with E-state index in [0.717, 1.165) is 30.9 Å². The summed E-state index contributed by atoms with van der Waals surface area (Å²) in [5.41, 5.74) is 1.03. The van der Waals surface area contributed by atoms with E-state index in [1.165, 1.54) is 18.6 Å². The van der Waals surface area contributed by atoms with Crippen LogP contribution in [-0.4, -0.2) is 55.9 Å². The van der Waals surface area contributed by atoms with Crippen molar-refractivity contribution in [3.05, 3.63) is 29.8 Å². The van der Waals surface area contributed by atoms with Gasteiger partial charge in [0.2, 0.25) is 10.0 Å². The molecule has 0 spiro atoms. The number of thioether (sulfide) groups is 1. The molecule has 1 atom stereocenters. The molecule has 0 aromatic heterocycles. The van der Waals surface area contributed by atoms with Crippen LogP contribution in [0, 0.1) is 0 Å². The molecule has 0 bridgehead atoms. The third-order valence-corrected chi connectivity index (χ3v) is 8.69. The summed E-state index contributed by atoms with van der Waals surface area (Å²) < 4.78 is 27.0. The second-order valence-electron chi connectivity index (χ2n) is 7.44. The summed E-state index contributed by atoms with van der Waals surface area (Å²) in [6.45, 7) is 5.05. The van der Waals surface area contributed by atoms with Gasteiger partial charge in [-0.15, -0.1) is 24.0 Å². The first kappa shape index (κ1) is 23.8. The van der Waals surface area contributed by atoms with E-state index in [1.807, 2.05) is 23.9 Å². The van der Waals surface area contributed by atoms with E-state index in [2.05, 4.69) is 22.5 Å². The summed E-state index contributed by atoms with van der Waals surface area (Å²) >= 11 is 2.02. The molecule has 9 heteroatoms. The Morgan fingerprint density at radius 3 is 2.43 bits per heavy atom. The summed E-state index contributed by atoms with van der Waals surface area (Å²) in [4.78, 5) is 4.66. The average Bonchev–Trinajstić information content (AvgIpc) is 3.35. The van der Waals surface area contributed by atoms with Gasteiger partial charge < -0.3 is 10.6 Å². The zero-order valence-electron chi connectivity index (χ0n) is 16.6. The molecule has 2 fully saturated rings.